The first-order valence-corrected chi connectivity index (χ1v) is 7.65. The zero-order valence-electron chi connectivity index (χ0n) is 13.1. The largest absolute Gasteiger partial charge is 0.372 e. The number of benzene rings is 2. The van der Waals surface area contributed by atoms with Gasteiger partial charge in [0, 0.05) is 30.9 Å². The summed E-state index contributed by atoms with van der Waals surface area (Å²) in [5.41, 5.74) is 1.27. The van der Waals surface area contributed by atoms with Crippen molar-refractivity contribution >= 4 is 11.6 Å². The van der Waals surface area contributed by atoms with Gasteiger partial charge in [0.2, 0.25) is 0 Å². The lowest BCUT2D eigenvalue weighted by Gasteiger charge is -2.23. The summed E-state index contributed by atoms with van der Waals surface area (Å²) in [5.74, 6) is -2.37. The van der Waals surface area contributed by atoms with E-state index in [2.05, 4.69) is 17.1 Å². The number of anilines is 1. The minimum atomic E-state index is -1.01. The van der Waals surface area contributed by atoms with Crippen LogP contribution in [0.3, 0.4) is 0 Å². The zero-order valence-corrected chi connectivity index (χ0v) is 13.1. The lowest BCUT2D eigenvalue weighted by Crippen LogP contribution is -2.30. The normalized spacial score (nSPS) is 10.4. The van der Waals surface area contributed by atoms with Crippen molar-refractivity contribution in [3.63, 3.8) is 0 Å². The number of amides is 1. The Balaban J connectivity index is 1.80. The first-order chi connectivity index (χ1) is 11.1. The van der Waals surface area contributed by atoms with Crippen LogP contribution < -0.4 is 10.2 Å². The number of hydrogen-bond acceptors (Lipinski definition) is 2. The van der Waals surface area contributed by atoms with Crippen LogP contribution in [0, 0.1) is 11.6 Å². The second-order valence-electron chi connectivity index (χ2n) is 5.15. The molecule has 0 spiro atoms. The Morgan fingerprint density at radius 1 is 1.09 bits per heavy atom. The lowest BCUT2D eigenvalue weighted by atomic mass is 10.2. The summed E-state index contributed by atoms with van der Waals surface area (Å²) in [6.45, 7) is 4.23. The number of nitrogens with one attached hydrogen (secondary N) is 1. The topological polar surface area (TPSA) is 32.3 Å². The molecule has 5 heteroatoms. The molecule has 0 aliphatic carbocycles. The highest BCUT2D eigenvalue weighted by atomic mass is 19.2. The van der Waals surface area contributed by atoms with Gasteiger partial charge in [-0.2, -0.15) is 0 Å². The van der Waals surface area contributed by atoms with Gasteiger partial charge >= 0.3 is 0 Å². The Kier molecular flexibility index (Phi) is 6.09. The zero-order chi connectivity index (χ0) is 16.7. The molecule has 2 aromatic rings. The van der Waals surface area contributed by atoms with Gasteiger partial charge in [0.05, 0.1) is 0 Å². The van der Waals surface area contributed by atoms with Gasteiger partial charge < -0.3 is 10.2 Å². The highest BCUT2D eigenvalue weighted by Gasteiger charge is 2.09. The average Bonchev–Trinajstić information content (AvgIpc) is 2.58. The Bertz CT molecular complexity index is 647. The maximum Gasteiger partial charge on any atom is 0.251 e. The molecule has 122 valence electrons. The summed E-state index contributed by atoms with van der Waals surface area (Å²) in [6, 6.07) is 13.2. The average molecular weight is 318 g/mol. The number of carbonyl (C=O) groups is 1. The summed E-state index contributed by atoms with van der Waals surface area (Å²) in [6.07, 6.45) is 0.762. The first-order valence-electron chi connectivity index (χ1n) is 7.65. The van der Waals surface area contributed by atoms with Crippen molar-refractivity contribution in [3.05, 3.63) is 65.7 Å². The van der Waals surface area contributed by atoms with Crippen molar-refractivity contribution < 1.29 is 13.6 Å². The molecule has 0 heterocycles. The Morgan fingerprint density at radius 3 is 2.48 bits per heavy atom. The fourth-order valence-corrected chi connectivity index (χ4v) is 2.32. The van der Waals surface area contributed by atoms with Crippen LogP contribution in [-0.2, 0) is 0 Å². The molecule has 0 aliphatic heterocycles. The van der Waals surface area contributed by atoms with E-state index in [1.807, 2.05) is 30.3 Å². The van der Waals surface area contributed by atoms with E-state index in [1.54, 1.807) is 0 Å². The fraction of sp³-hybridized carbons (Fsp3) is 0.278. The smallest absolute Gasteiger partial charge is 0.251 e. The molecule has 0 aliphatic rings. The van der Waals surface area contributed by atoms with Gasteiger partial charge in [-0.15, -0.1) is 0 Å². The van der Waals surface area contributed by atoms with Crippen molar-refractivity contribution in [1.29, 1.82) is 0 Å². The van der Waals surface area contributed by atoms with E-state index in [4.69, 9.17) is 0 Å². The summed E-state index contributed by atoms with van der Waals surface area (Å²) >= 11 is 0. The molecule has 0 aromatic heterocycles. The third-order valence-corrected chi connectivity index (χ3v) is 3.58. The Hall–Kier alpha value is -2.43. The highest BCUT2D eigenvalue weighted by Crippen LogP contribution is 2.13. The quantitative estimate of drug-likeness (QED) is 0.791. The minimum Gasteiger partial charge on any atom is -0.372 e. The summed E-state index contributed by atoms with van der Waals surface area (Å²) in [5, 5.41) is 2.72. The molecular formula is C18H20F2N2O. The molecule has 0 fully saturated rings. The van der Waals surface area contributed by atoms with Crippen LogP contribution in [0.15, 0.2) is 48.5 Å². The van der Waals surface area contributed by atoms with E-state index in [9.17, 15) is 13.6 Å². The van der Waals surface area contributed by atoms with Gasteiger partial charge in [-0.1, -0.05) is 18.2 Å². The van der Waals surface area contributed by atoms with Crippen molar-refractivity contribution in [3.8, 4) is 0 Å². The third-order valence-electron chi connectivity index (χ3n) is 3.58. The highest BCUT2D eigenvalue weighted by molar-refractivity contribution is 5.94. The van der Waals surface area contributed by atoms with Gasteiger partial charge in [-0.25, -0.2) is 8.78 Å². The molecule has 23 heavy (non-hydrogen) atoms. The number of halogens is 2. The van der Waals surface area contributed by atoms with Gasteiger partial charge in [0.1, 0.15) is 0 Å². The van der Waals surface area contributed by atoms with E-state index in [0.717, 1.165) is 37.3 Å². The molecule has 0 radical (unpaired) electrons. The second-order valence-corrected chi connectivity index (χ2v) is 5.15. The number of nitrogens with zero attached hydrogens (tertiary/aromatic N) is 1. The molecule has 3 nitrogen and oxygen atoms in total. The molecule has 0 atom stereocenters. The van der Waals surface area contributed by atoms with Crippen LogP contribution in [0.4, 0.5) is 14.5 Å². The molecule has 2 rings (SSSR count). The van der Waals surface area contributed by atoms with Gasteiger partial charge in [-0.05, 0) is 43.7 Å². The Morgan fingerprint density at radius 2 is 1.83 bits per heavy atom. The van der Waals surface area contributed by atoms with E-state index in [0.29, 0.717) is 6.54 Å². The molecular weight excluding hydrogens is 298 g/mol. The summed E-state index contributed by atoms with van der Waals surface area (Å²) in [4.78, 5) is 14.1. The van der Waals surface area contributed by atoms with Crippen LogP contribution in [0.1, 0.15) is 23.7 Å². The summed E-state index contributed by atoms with van der Waals surface area (Å²) in [7, 11) is 0. The third kappa shape index (κ3) is 4.77. The molecule has 1 N–H and O–H groups in total. The molecule has 2 aromatic carbocycles. The number of rotatable bonds is 7. The predicted molar refractivity (Wildman–Crippen MR) is 87.6 cm³/mol. The van der Waals surface area contributed by atoms with Crippen LogP contribution in [0.5, 0.6) is 0 Å². The molecule has 0 saturated carbocycles. The number of para-hydroxylation sites is 1. The van der Waals surface area contributed by atoms with Crippen LogP contribution >= 0.6 is 0 Å². The standard InChI is InChI=1S/C18H20F2N2O/c1-2-22(15-7-4-3-5-8-15)12-6-11-21-18(23)14-9-10-16(19)17(20)13-14/h3-5,7-10,13H,2,6,11-12H2,1H3,(H,21,23). The SMILES string of the molecule is CCN(CCCNC(=O)c1ccc(F)c(F)c1)c1ccccc1. The number of hydrogen-bond donors (Lipinski definition) is 1. The van der Waals surface area contributed by atoms with E-state index < -0.39 is 17.5 Å². The van der Waals surface area contributed by atoms with Gasteiger partial charge in [-0.3, -0.25) is 4.79 Å². The van der Waals surface area contributed by atoms with E-state index >= 15 is 0 Å². The molecule has 0 saturated heterocycles. The fourth-order valence-electron chi connectivity index (χ4n) is 2.32. The van der Waals surface area contributed by atoms with E-state index in [-0.39, 0.29) is 5.56 Å². The molecule has 1 amide bonds. The van der Waals surface area contributed by atoms with Crippen molar-refractivity contribution in [2.45, 2.75) is 13.3 Å². The maximum absolute atomic E-state index is 13.1. The van der Waals surface area contributed by atoms with Gasteiger partial charge in [0.25, 0.3) is 5.91 Å². The summed E-state index contributed by atoms with van der Waals surface area (Å²) < 4.78 is 26.0. The monoisotopic (exact) mass is 318 g/mol. The minimum absolute atomic E-state index is 0.124. The number of carbonyl (C=O) groups excluding carboxylic acids is 1. The van der Waals surface area contributed by atoms with Crippen LogP contribution in [0.2, 0.25) is 0 Å². The second kappa shape index (κ2) is 8.27. The first kappa shape index (κ1) is 16.9. The lowest BCUT2D eigenvalue weighted by molar-refractivity contribution is 0.0953. The Labute approximate surface area is 134 Å². The van der Waals surface area contributed by atoms with Gasteiger partial charge in [0.15, 0.2) is 11.6 Å². The van der Waals surface area contributed by atoms with Crippen molar-refractivity contribution in [2.24, 2.45) is 0 Å². The van der Waals surface area contributed by atoms with Crippen LogP contribution in [0.25, 0.3) is 0 Å². The maximum atomic E-state index is 13.1. The van der Waals surface area contributed by atoms with Crippen molar-refractivity contribution in [1.82, 2.24) is 5.32 Å². The van der Waals surface area contributed by atoms with Crippen molar-refractivity contribution in [2.75, 3.05) is 24.5 Å². The van der Waals surface area contributed by atoms with Crippen LogP contribution in [-0.4, -0.2) is 25.5 Å². The van der Waals surface area contributed by atoms with E-state index in [1.165, 1.54) is 6.07 Å². The molecule has 0 bridgehead atoms. The predicted octanol–water partition coefficient (Wildman–Crippen LogP) is 3.61. The molecule has 0 unspecified atom stereocenters.